The molecule has 0 aliphatic carbocycles. The van der Waals surface area contributed by atoms with Gasteiger partial charge in [0.05, 0.1) is 40.9 Å². The Morgan fingerprint density at radius 3 is 2.48 bits per heavy atom. The average molecular weight is 426 g/mol. The molecule has 0 aliphatic heterocycles. The number of amides is 1. The van der Waals surface area contributed by atoms with Crippen LogP contribution in [0.15, 0.2) is 41.7 Å². The molecule has 29 heavy (non-hydrogen) atoms. The molecule has 3 aromatic rings. The van der Waals surface area contributed by atoms with Crippen molar-refractivity contribution in [2.75, 3.05) is 18.8 Å². The minimum atomic E-state index is -0.290. The Labute approximate surface area is 175 Å². The van der Waals surface area contributed by atoms with Gasteiger partial charge in [-0.1, -0.05) is 23.9 Å². The van der Waals surface area contributed by atoms with Gasteiger partial charge in [-0.25, -0.2) is 14.4 Å². The SMILES string of the molecule is N#CCCN(CCC#N)C(=O)CSc1ncnc2cc(-c3ccc(F)cc3)sc12. The van der Waals surface area contributed by atoms with Crippen molar-refractivity contribution in [3.8, 4) is 22.6 Å². The molecule has 2 heterocycles. The van der Waals surface area contributed by atoms with Gasteiger partial charge in [-0.2, -0.15) is 10.5 Å². The third kappa shape index (κ3) is 5.29. The fourth-order valence-electron chi connectivity index (χ4n) is 2.64. The van der Waals surface area contributed by atoms with Gasteiger partial charge in [0.2, 0.25) is 5.91 Å². The van der Waals surface area contributed by atoms with Gasteiger partial charge in [0.15, 0.2) is 0 Å². The van der Waals surface area contributed by atoms with Crippen molar-refractivity contribution < 1.29 is 9.18 Å². The highest BCUT2D eigenvalue weighted by Gasteiger charge is 2.16. The summed E-state index contributed by atoms with van der Waals surface area (Å²) in [6.45, 7) is 0.620. The number of thioether (sulfide) groups is 1. The number of hydrogen-bond donors (Lipinski definition) is 0. The third-order valence-corrected chi connectivity index (χ3v) is 6.36. The Hall–Kier alpha value is -3.01. The summed E-state index contributed by atoms with van der Waals surface area (Å²) in [4.78, 5) is 23.6. The zero-order valence-corrected chi connectivity index (χ0v) is 17.0. The average Bonchev–Trinajstić information content (AvgIpc) is 3.17. The lowest BCUT2D eigenvalue weighted by Crippen LogP contribution is -2.34. The standard InChI is InChI=1S/C20H16FN5OS2/c21-15-5-3-14(4-6-15)17-11-16-19(29-17)20(25-13-24-16)28-12-18(27)26(9-1-7-22)10-2-8-23/h3-6,11,13H,1-2,9-10,12H2. The quantitative estimate of drug-likeness (QED) is 0.396. The Morgan fingerprint density at radius 2 is 1.83 bits per heavy atom. The lowest BCUT2D eigenvalue weighted by atomic mass is 10.2. The maximum Gasteiger partial charge on any atom is 0.233 e. The molecule has 1 aromatic carbocycles. The first-order chi connectivity index (χ1) is 14.1. The van der Waals surface area contributed by atoms with Crippen LogP contribution >= 0.6 is 23.1 Å². The van der Waals surface area contributed by atoms with E-state index in [2.05, 4.69) is 9.97 Å². The number of benzene rings is 1. The fourth-order valence-corrected chi connectivity index (χ4v) is 4.75. The summed E-state index contributed by atoms with van der Waals surface area (Å²) in [5, 5.41) is 18.2. The first-order valence-corrected chi connectivity index (χ1v) is 10.6. The lowest BCUT2D eigenvalue weighted by molar-refractivity contribution is -0.128. The number of carbonyl (C=O) groups is 1. The van der Waals surface area contributed by atoms with Crippen LogP contribution in [-0.2, 0) is 4.79 Å². The van der Waals surface area contributed by atoms with Gasteiger partial charge in [-0.05, 0) is 23.8 Å². The molecule has 2 aromatic heterocycles. The van der Waals surface area contributed by atoms with Crippen molar-refractivity contribution in [2.45, 2.75) is 17.9 Å². The molecule has 0 aliphatic rings. The van der Waals surface area contributed by atoms with Crippen LogP contribution in [0.5, 0.6) is 0 Å². The number of thiophene rings is 1. The van der Waals surface area contributed by atoms with E-state index >= 15 is 0 Å². The van der Waals surface area contributed by atoms with E-state index < -0.39 is 0 Å². The minimum absolute atomic E-state index is 0.137. The highest BCUT2D eigenvalue weighted by atomic mass is 32.2. The van der Waals surface area contributed by atoms with Gasteiger partial charge >= 0.3 is 0 Å². The number of nitriles is 2. The molecule has 0 unspecified atom stereocenters. The van der Waals surface area contributed by atoms with Crippen LogP contribution in [-0.4, -0.2) is 39.6 Å². The predicted octanol–water partition coefficient (Wildman–Crippen LogP) is 4.25. The van der Waals surface area contributed by atoms with Crippen LogP contribution in [0, 0.1) is 28.5 Å². The van der Waals surface area contributed by atoms with Crippen LogP contribution in [0.2, 0.25) is 0 Å². The van der Waals surface area contributed by atoms with E-state index in [1.54, 1.807) is 12.1 Å². The number of hydrogen-bond acceptors (Lipinski definition) is 7. The first-order valence-electron chi connectivity index (χ1n) is 8.77. The van der Waals surface area contributed by atoms with E-state index in [4.69, 9.17) is 10.5 Å². The molecule has 3 rings (SSSR count). The van der Waals surface area contributed by atoms with Crippen molar-refractivity contribution in [2.24, 2.45) is 0 Å². The summed E-state index contributed by atoms with van der Waals surface area (Å²) in [7, 11) is 0. The highest BCUT2D eigenvalue weighted by Crippen LogP contribution is 2.36. The summed E-state index contributed by atoms with van der Waals surface area (Å²) in [6, 6.07) is 12.2. The monoisotopic (exact) mass is 425 g/mol. The normalized spacial score (nSPS) is 10.4. The highest BCUT2D eigenvalue weighted by molar-refractivity contribution is 8.00. The number of carbonyl (C=O) groups excluding carboxylic acids is 1. The zero-order chi connectivity index (χ0) is 20.6. The lowest BCUT2D eigenvalue weighted by Gasteiger charge is -2.19. The fraction of sp³-hybridized carbons (Fsp3) is 0.250. The minimum Gasteiger partial charge on any atom is -0.340 e. The Bertz CT molecular complexity index is 1070. The van der Waals surface area contributed by atoms with E-state index in [0.717, 1.165) is 20.7 Å². The van der Waals surface area contributed by atoms with Gasteiger partial charge in [0, 0.05) is 18.0 Å². The van der Waals surface area contributed by atoms with Gasteiger partial charge < -0.3 is 4.90 Å². The number of halogens is 1. The summed E-state index contributed by atoms with van der Waals surface area (Å²) < 4.78 is 14.0. The molecule has 6 nitrogen and oxygen atoms in total. The van der Waals surface area contributed by atoms with E-state index in [1.165, 1.54) is 46.5 Å². The molecular formula is C20H16FN5OS2. The van der Waals surface area contributed by atoms with Crippen molar-refractivity contribution >= 4 is 39.2 Å². The van der Waals surface area contributed by atoms with Crippen molar-refractivity contribution in [3.63, 3.8) is 0 Å². The molecule has 9 heteroatoms. The Kier molecular flexibility index (Phi) is 7.12. The van der Waals surface area contributed by atoms with E-state index in [9.17, 15) is 9.18 Å². The Morgan fingerprint density at radius 1 is 1.14 bits per heavy atom. The van der Waals surface area contributed by atoms with Gasteiger partial charge in [0.1, 0.15) is 17.2 Å². The number of rotatable bonds is 8. The zero-order valence-electron chi connectivity index (χ0n) is 15.3. The molecule has 0 spiro atoms. The molecule has 0 bridgehead atoms. The molecule has 0 saturated carbocycles. The third-order valence-electron chi connectivity index (χ3n) is 4.08. The summed E-state index contributed by atoms with van der Waals surface area (Å²) in [5.41, 5.74) is 1.66. The first kappa shape index (κ1) is 20.7. The molecule has 0 radical (unpaired) electrons. The van der Waals surface area contributed by atoms with E-state index in [-0.39, 0.29) is 30.3 Å². The molecular weight excluding hydrogens is 409 g/mol. The van der Waals surface area contributed by atoms with Crippen LogP contribution in [0.3, 0.4) is 0 Å². The smallest absolute Gasteiger partial charge is 0.233 e. The summed E-state index contributed by atoms with van der Waals surface area (Å²) in [6.07, 6.45) is 1.91. The second-order valence-corrected chi connectivity index (χ2v) is 8.01. The van der Waals surface area contributed by atoms with E-state index in [0.29, 0.717) is 18.1 Å². The maximum absolute atomic E-state index is 13.2. The van der Waals surface area contributed by atoms with Crippen molar-refractivity contribution in [1.29, 1.82) is 10.5 Å². The predicted molar refractivity (Wildman–Crippen MR) is 111 cm³/mol. The van der Waals surface area contributed by atoms with Crippen LogP contribution < -0.4 is 0 Å². The van der Waals surface area contributed by atoms with Crippen molar-refractivity contribution in [3.05, 3.63) is 42.5 Å². The number of fused-ring (bicyclic) bond motifs is 1. The van der Waals surface area contributed by atoms with Gasteiger partial charge in [-0.15, -0.1) is 11.3 Å². The summed E-state index contributed by atoms with van der Waals surface area (Å²) in [5.74, 6) is -0.267. The topological polar surface area (TPSA) is 93.7 Å². The number of nitrogens with zero attached hydrogens (tertiary/aromatic N) is 5. The second kappa shape index (κ2) is 9.97. The maximum atomic E-state index is 13.2. The van der Waals surface area contributed by atoms with Crippen LogP contribution in [0.1, 0.15) is 12.8 Å². The molecule has 146 valence electrons. The molecule has 0 fully saturated rings. The summed E-state index contributed by atoms with van der Waals surface area (Å²) >= 11 is 2.80. The largest absolute Gasteiger partial charge is 0.340 e. The van der Waals surface area contributed by atoms with Crippen molar-refractivity contribution in [1.82, 2.24) is 14.9 Å². The Balaban J connectivity index is 1.76. The molecule has 1 amide bonds. The molecule has 0 saturated heterocycles. The number of aromatic nitrogens is 2. The molecule has 0 N–H and O–H groups in total. The second-order valence-electron chi connectivity index (χ2n) is 6.00. The van der Waals surface area contributed by atoms with E-state index in [1.807, 2.05) is 18.2 Å². The van der Waals surface area contributed by atoms with Crippen LogP contribution in [0.4, 0.5) is 4.39 Å². The van der Waals surface area contributed by atoms with Gasteiger partial charge in [-0.3, -0.25) is 4.79 Å². The van der Waals surface area contributed by atoms with Crippen LogP contribution in [0.25, 0.3) is 20.7 Å². The van der Waals surface area contributed by atoms with Gasteiger partial charge in [0.25, 0.3) is 0 Å². The molecule has 0 atom stereocenters.